The van der Waals surface area contributed by atoms with Crippen LogP contribution in [0.1, 0.15) is 48.9 Å². The first-order valence-corrected chi connectivity index (χ1v) is 7.24. The maximum Gasteiger partial charge on any atom is 0.133 e. The molecule has 1 fully saturated rings. The molecule has 1 aromatic rings. The molecule has 3 heteroatoms. The second kappa shape index (κ2) is 4.88. The lowest BCUT2D eigenvalue weighted by atomic mass is 10.1. The van der Waals surface area contributed by atoms with Crippen molar-refractivity contribution in [3.63, 3.8) is 0 Å². The van der Waals surface area contributed by atoms with Gasteiger partial charge >= 0.3 is 0 Å². The van der Waals surface area contributed by atoms with E-state index in [4.69, 9.17) is 10.7 Å². The molecule has 1 heterocycles. The van der Waals surface area contributed by atoms with Gasteiger partial charge in [-0.2, -0.15) is 0 Å². The summed E-state index contributed by atoms with van der Waals surface area (Å²) in [6.07, 6.45) is 8.91. The zero-order chi connectivity index (χ0) is 12.5. The van der Waals surface area contributed by atoms with E-state index in [0.29, 0.717) is 12.6 Å². The van der Waals surface area contributed by atoms with E-state index in [1.54, 1.807) is 0 Å². The van der Waals surface area contributed by atoms with Crippen molar-refractivity contribution in [1.29, 1.82) is 0 Å². The van der Waals surface area contributed by atoms with E-state index in [1.165, 1.54) is 55.3 Å². The highest BCUT2D eigenvalue weighted by atomic mass is 15.2. The Morgan fingerprint density at radius 3 is 2.78 bits per heavy atom. The number of nitrogens with two attached hydrogens (primary N) is 1. The highest BCUT2D eigenvalue weighted by Crippen LogP contribution is 2.31. The minimum absolute atomic E-state index is 0.604. The first kappa shape index (κ1) is 12.0. The van der Waals surface area contributed by atoms with Crippen molar-refractivity contribution in [3.05, 3.63) is 22.9 Å². The first-order chi connectivity index (χ1) is 8.79. The van der Waals surface area contributed by atoms with Crippen molar-refractivity contribution in [2.45, 2.75) is 57.5 Å². The Morgan fingerprint density at radius 2 is 2.06 bits per heavy atom. The van der Waals surface area contributed by atoms with Gasteiger partial charge in [0.25, 0.3) is 0 Å². The summed E-state index contributed by atoms with van der Waals surface area (Å²) in [5.41, 5.74) is 9.88. The highest BCUT2D eigenvalue weighted by molar-refractivity contribution is 5.51. The average Bonchev–Trinajstić information content (AvgIpc) is 3.06. The quantitative estimate of drug-likeness (QED) is 0.889. The second-order valence-corrected chi connectivity index (χ2v) is 5.68. The fourth-order valence-corrected chi connectivity index (χ4v) is 3.43. The minimum atomic E-state index is 0.604. The molecule has 0 radical (unpaired) electrons. The number of hydrogen-bond donors (Lipinski definition) is 1. The third-order valence-corrected chi connectivity index (χ3v) is 4.53. The Bertz CT molecular complexity index is 436. The van der Waals surface area contributed by atoms with Crippen molar-refractivity contribution in [2.75, 3.05) is 11.9 Å². The molecule has 0 bridgehead atoms. The Balaban J connectivity index is 1.94. The molecule has 0 aromatic carbocycles. The summed E-state index contributed by atoms with van der Waals surface area (Å²) in [5.74, 6) is 1.14. The predicted molar refractivity (Wildman–Crippen MR) is 74.8 cm³/mol. The molecule has 3 nitrogen and oxygen atoms in total. The van der Waals surface area contributed by atoms with Gasteiger partial charge in [-0.05, 0) is 43.7 Å². The molecule has 0 amide bonds. The Hall–Kier alpha value is -1.09. The topological polar surface area (TPSA) is 42.2 Å². The van der Waals surface area contributed by atoms with Gasteiger partial charge in [-0.1, -0.05) is 12.8 Å². The van der Waals surface area contributed by atoms with Gasteiger partial charge in [-0.15, -0.1) is 0 Å². The lowest BCUT2D eigenvalue weighted by Gasteiger charge is -2.28. The van der Waals surface area contributed by atoms with E-state index in [-0.39, 0.29) is 0 Å². The van der Waals surface area contributed by atoms with E-state index in [2.05, 4.69) is 18.0 Å². The van der Waals surface area contributed by atoms with Crippen LogP contribution in [0.2, 0.25) is 0 Å². The highest BCUT2D eigenvalue weighted by Gasteiger charge is 2.24. The summed E-state index contributed by atoms with van der Waals surface area (Å²) in [7, 11) is 2.19. The monoisotopic (exact) mass is 245 g/mol. The summed E-state index contributed by atoms with van der Waals surface area (Å²) < 4.78 is 0. The summed E-state index contributed by atoms with van der Waals surface area (Å²) in [4.78, 5) is 7.30. The largest absolute Gasteiger partial charge is 0.356 e. The van der Waals surface area contributed by atoms with Crippen molar-refractivity contribution >= 4 is 5.82 Å². The Labute approximate surface area is 109 Å². The van der Waals surface area contributed by atoms with E-state index < -0.39 is 0 Å². The molecule has 1 aromatic heterocycles. The number of nitrogens with zero attached hydrogens (tertiary/aromatic N) is 2. The fraction of sp³-hybridized carbons (Fsp3) is 0.667. The number of rotatable bonds is 3. The molecule has 1 saturated carbocycles. The number of hydrogen-bond acceptors (Lipinski definition) is 3. The van der Waals surface area contributed by atoms with Crippen LogP contribution >= 0.6 is 0 Å². The van der Waals surface area contributed by atoms with Crippen LogP contribution in [-0.4, -0.2) is 18.1 Å². The molecule has 18 heavy (non-hydrogen) atoms. The van der Waals surface area contributed by atoms with Crippen LogP contribution in [0, 0.1) is 0 Å². The van der Waals surface area contributed by atoms with Crippen LogP contribution < -0.4 is 10.6 Å². The van der Waals surface area contributed by atoms with Crippen molar-refractivity contribution in [1.82, 2.24) is 4.98 Å². The normalized spacial score (nSPS) is 19.2. The number of aromatic nitrogens is 1. The van der Waals surface area contributed by atoms with Crippen LogP contribution in [0.5, 0.6) is 0 Å². The van der Waals surface area contributed by atoms with Crippen molar-refractivity contribution < 1.29 is 0 Å². The fourth-order valence-electron chi connectivity index (χ4n) is 3.43. The Morgan fingerprint density at radius 1 is 1.28 bits per heavy atom. The molecule has 0 atom stereocenters. The summed E-state index contributed by atoms with van der Waals surface area (Å²) in [5, 5.41) is 0. The third kappa shape index (κ3) is 2.01. The molecule has 0 spiro atoms. The van der Waals surface area contributed by atoms with Gasteiger partial charge in [0, 0.05) is 30.9 Å². The predicted octanol–water partition coefficient (Wildman–Crippen LogP) is 2.41. The van der Waals surface area contributed by atoms with Crippen LogP contribution in [0.25, 0.3) is 0 Å². The molecule has 98 valence electrons. The molecule has 2 aliphatic carbocycles. The standard InChI is InChI=1S/C15H23N3/c1-18(13-6-2-3-7-13)15-12(10-16)9-11-5-4-8-14(11)17-15/h9,13H,2-8,10,16H2,1H3. The van der Waals surface area contributed by atoms with Gasteiger partial charge < -0.3 is 10.6 Å². The van der Waals surface area contributed by atoms with E-state index in [9.17, 15) is 0 Å². The van der Waals surface area contributed by atoms with Gasteiger partial charge in [0.1, 0.15) is 5.82 Å². The van der Waals surface area contributed by atoms with Gasteiger partial charge in [0.15, 0.2) is 0 Å². The smallest absolute Gasteiger partial charge is 0.133 e. The summed E-state index contributed by atoms with van der Waals surface area (Å²) in [6.45, 7) is 0.604. The van der Waals surface area contributed by atoms with Crippen LogP contribution in [0.15, 0.2) is 6.07 Å². The minimum Gasteiger partial charge on any atom is -0.356 e. The SMILES string of the molecule is CN(c1nc2c(cc1CN)CCC2)C1CCCC1. The van der Waals surface area contributed by atoms with Gasteiger partial charge in [-0.3, -0.25) is 0 Å². The maximum atomic E-state index is 5.91. The molecule has 0 saturated heterocycles. The molecule has 2 N–H and O–H groups in total. The van der Waals surface area contributed by atoms with Crippen molar-refractivity contribution in [2.24, 2.45) is 5.73 Å². The molecule has 0 unspecified atom stereocenters. The van der Waals surface area contributed by atoms with E-state index in [0.717, 1.165) is 12.2 Å². The lowest BCUT2D eigenvalue weighted by molar-refractivity contribution is 0.642. The molecule has 0 aliphatic heterocycles. The maximum absolute atomic E-state index is 5.91. The second-order valence-electron chi connectivity index (χ2n) is 5.68. The number of anilines is 1. The average molecular weight is 245 g/mol. The zero-order valence-electron chi connectivity index (χ0n) is 11.3. The van der Waals surface area contributed by atoms with Crippen LogP contribution in [-0.2, 0) is 19.4 Å². The number of aryl methyl sites for hydroxylation is 2. The van der Waals surface area contributed by atoms with Crippen molar-refractivity contribution in [3.8, 4) is 0 Å². The first-order valence-electron chi connectivity index (χ1n) is 7.24. The van der Waals surface area contributed by atoms with E-state index >= 15 is 0 Å². The lowest BCUT2D eigenvalue weighted by Crippen LogP contribution is -2.31. The van der Waals surface area contributed by atoms with Gasteiger partial charge in [0.2, 0.25) is 0 Å². The van der Waals surface area contributed by atoms with Crippen LogP contribution in [0.3, 0.4) is 0 Å². The summed E-state index contributed by atoms with van der Waals surface area (Å²) in [6, 6.07) is 2.97. The third-order valence-electron chi connectivity index (χ3n) is 4.53. The van der Waals surface area contributed by atoms with Gasteiger partial charge in [-0.25, -0.2) is 4.98 Å². The summed E-state index contributed by atoms with van der Waals surface area (Å²) >= 11 is 0. The number of fused-ring (bicyclic) bond motifs is 1. The number of pyridine rings is 1. The van der Waals surface area contributed by atoms with Gasteiger partial charge in [0.05, 0.1) is 0 Å². The molecular formula is C15H23N3. The molecule has 2 aliphatic rings. The van der Waals surface area contributed by atoms with E-state index in [1.807, 2.05) is 0 Å². The zero-order valence-corrected chi connectivity index (χ0v) is 11.3. The van der Waals surface area contributed by atoms with Crippen LogP contribution in [0.4, 0.5) is 5.82 Å². The molecule has 3 rings (SSSR count). The molecular weight excluding hydrogens is 222 g/mol. The Kier molecular flexibility index (Phi) is 3.25.